The van der Waals surface area contributed by atoms with Gasteiger partial charge in [-0.2, -0.15) is 5.10 Å². The highest BCUT2D eigenvalue weighted by atomic mass is 35.5. The Morgan fingerprint density at radius 3 is 2.94 bits per heavy atom. The van der Waals surface area contributed by atoms with Crippen LogP contribution in [-0.2, 0) is 6.54 Å². The van der Waals surface area contributed by atoms with Gasteiger partial charge in [-0.25, -0.2) is 0 Å². The van der Waals surface area contributed by atoms with E-state index in [1.54, 1.807) is 10.9 Å². The Hall–Kier alpha value is -1.52. The largest absolute Gasteiger partial charge is 0.396 e. The molecule has 0 aliphatic carbocycles. The molecular formula is C12H14ClN3O. The second kappa shape index (κ2) is 4.77. The number of aryl methyl sites for hydroxylation is 1. The first-order valence-electron chi connectivity index (χ1n) is 5.32. The Morgan fingerprint density at radius 2 is 2.24 bits per heavy atom. The molecule has 17 heavy (non-hydrogen) atoms. The monoisotopic (exact) mass is 251 g/mol. The fourth-order valence-corrected chi connectivity index (χ4v) is 1.88. The fraction of sp³-hybridized carbons (Fsp3) is 0.250. The fourth-order valence-electron chi connectivity index (χ4n) is 1.71. The second-order valence-electron chi connectivity index (χ2n) is 3.88. The number of nitrogens with zero attached hydrogens (tertiary/aromatic N) is 2. The first kappa shape index (κ1) is 12.0. The maximum Gasteiger partial charge on any atom is 0.116 e. The van der Waals surface area contributed by atoms with Crippen molar-refractivity contribution >= 4 is 17.3 Å². The molecule has 2 rings (SSSR count). The molecule has 1 aromatic heterocycles. The van der Waals surface area contributed by atoms with E-state index in [-0.39, 0.29) is 6.61 Å². The number of hydrogen-bond donors (Lipinski definition) is 2. The number of halogens is 1. The first-order chi connectivity index (χ1) is 8.11. The number of aliphatic hydroxyl groups is 1. The zero-order valence-corrected chi connectivity index (χ0v) is 10.3. The molecule has 0 fully saturated rings. The van der Waals surface area contributed by atoms with Crippen LogP contribution in [-0.4, -0.2) is 21.5 Å². The van der Waals surface area contributed by atoms with E-state index in [1.807, 2.05) is 25.1 Å². The van der Waals surface area contributed by atoms with Crippen molar-refractivity contribution in [3.8, 4) is 11.3 Å². The van der Waals surface area contributed by atoms with E-state index in [4.69, 9.17) is 22.4 Å². The van der Waals surface area contributed by atoms with Gasteiger partial charge in [0.2, 0.25) is 0 Å². The number of aromatic nitrogens is 2. The van der Waals surface area contributed by atoms with Gasteiger partial charge in [-0.3, -0.25) is 4.68 Å². The Kier molecular flexibility index (Phi) is 3.36. The molecule has 0 aliphatic rings. The third-order valence-electron chi connectivity index (χ3n) is 2.57. The standard InChI is InChI=1S/C12H14ClN3O/c1-8-2-3-9(13)6-10(8)12-11(14)7-16(15-12)4-5-17/h2-3,6-7,17H,4-5,14H2,1H3. The SMILES string of the molecule is Cc1ccc(Cl)cc1-c1nn(CCO)cc1N. The molecule has 4 nitrogen and oxygen atoms in total. The maximum atomic E-state index is 8.87. The number of benzene rings is 1. The predicted molar refractivity (Wildman–Crippen MR) is 68.9 cm³/mol. The van der Waals surface area contributed by atoms with Gasteiger partial charge in [0.15, 0.2) is 0 Å². The summed E-state index contributed by atoms with van der Waals surface area (Å²) in [6.07, 6.45) is 1.71. The highest BCUT2D eigenvalue weighted by Gasteiger charge is 2.11. The topological polar surface area (TPSA) is 64.1 Å². The van der Waals surface area contributed by atoms with Crippen molar-refractivity contribution in [1.82, 2.24) is 9.78 Å². The zero-order valence-electron chi connectivity index (χ0n) is 9.52. The van der Waals surface area contributed by atoms with E-state index < -0.39 is 0 Å². The van der Waals surface area contributed by atoms with Crippen molar-refractivity contribution in [2.45, 2.75) is 13.5 Å². The molecule has 0 amide bonds. The molecule has 3 N–H and O–H groups in total. The highest BCUT2D eigenvalue weighted by Crippen LogP contribution is 2.29. The van der Waals surface area contributed by atoms with Gasteiger partial charge in [-0.15, -0.1) is 0 Å². The zero-order chi connectivity index (χ0) is 12.4. The van der Waals surface area contributed by atoms with Crippen LogP contribution in [0.3, 0.4) is 0 Å². The lowest BCUT2D eigenvalue weighted by Gasteiger charge is -2.04. The van der Waals surface area contributed by atoms with Gasteiger partial charge in [0, 0.05) is 16.8 Å². The van der Waals surface area contributed by atoms with Crippen molar-refractivity contribution in [2.24, 2.45) is 0 Å². The number of aliphatic hydroxyl groups excluding tert-OH is 1. The molecular weight excluding hydrogens is 238 g/mol. The summed E-state index contributed by atoms with van der Waals surface area (Å²) >= 11 is 5.97. The van der Waals surface area contributed by atoms with Crippen LogP contribution in [0.25, 0.3) is 11.3 Å². The highest BCUT2D eigenvalue weighted by molar-refractivity contribution is 6.30. The molecule has 0 atom stereocenters. The summed E-state index contributed by atoms with van der Waals surface area (Å²) in [5.74, 6) is 0. The van der Waals surface area contributed by atoms with Crippen molar-refractivity contribution in [3.63, 3.8) is 0 Å². The lowest BCUT2D eigenvalue weighted by Crippen LogP contribution is -2.02. The van der Waals surface area contributed by atoms with Gasteiger partial charge in [0.1, 0.15) is 5.69 Å². The number of rotatable bonds is 3. The molecule has 90 valence electrons. The predicted octanol–water partition coefficient (Wildman–Crippen LogP) is 2.09. The first-order valence-corrected chi connectivity index (χ1v) is 5.70. The molecule has 0 unspecified atom stereocenters. The van der Waals surface area contributed by atoms with Crippen molar-refractivity contribution in [3.05, 3.63) is 35.0 Å². The molecule has 2 aromatic rings. The number of anilines is 1. The normalized spacial score (nSPS) is 10.8. The molecule has 1 aromatic carbocycles. The smallest absolute Gasteiger partial charge is 0.116 e. The van der Waals surface area contributed by atoms with Crippen molar-refractivity contribution in [1.29, 1.82) is 0 Å². The molecule has 1 heterocycles. The summed E-state index contributed by atoms with van der Waals surface area (Å²) in [6, 6.07) is 5.61. The van der Waals surface area contributed by atoms with Crippen LogP contribution in [0.15, 0.2) is 24.4 Å². The van der Waals surface area contributed by atoms with E-state index in [9.17, 15) is 0 Å². The Morgan fingerprint density at radius 1 is 1.47 bits per heavy atom. The van der Waals surface area contributed by atoms with Gasteiger partial charge in [0.05, 0.1) is 18.8 Å². The number of nitrogens with two attached hydrogens (primary N) is 1. The van der Waals surface area contributed by atoms with E-state index in [0.717, 1.165) is 11.1 Å². The van der Waals surface area contributed by atoms with Gasteiger partial charge in [-0.05, 0) is 24.6 Å². The van der Waals surface area contributed by atoms with E-state index in [1.165, 1.54) is 0 Å². The molecule has 0 radical (unpaired) electrons. The van der Waals surface area contributed by atoms with Gasteiger partial charge in [-0.1, -0.05) is 17.7 Å². The average molecular weight is 252 g/mol. The summed E-state index contributed by atoms with van der Waals surface area (Å²) in [5.41, 5.74) is 9.20. The Balaban J connectivity index is 2.48. The minimum atomic E-state index is 0.0368. The van der Waals surface area contributed by atoms with Crippen molar-refractivity contribution in [2.75, 3.05) is 12.3 Å². The van der Waals surface area contributed by atoms with E-state index in [2.05, 4.69) is 5.10 Å². The molecule has 0 bridgehead atoms. The number of nitrogen functional groups attached to an aromatic ring is 1. The average Bonchev–Trinajstić information content (AvgIpc) is 2.64. The summed E-state index contributed by atoms with van der Waals surface area (Å²) in [5, 5.41) is 13.9. The summed E-state index contributed by atoms with van der Waals surface area (Å²) < 4.78 is 1.63. The Labute approximate surface area is 105 Å². The van der Waals surface area contributed by atoms with Crippen LogP contribution in [0.4, 0.5) is 5.69 Å². The van der Waals surface area contributed by atoms with Gasteiger partial charge >= 0.3 is 0 Å². The van der Waals surface area contributed by atoms with Crippen molar-refractivity contribution < 1.29 is 5.11 Å². The van der Waals surface area contributed by atoms with Crippen LogP contribution in [0.2, 0.25) is 5.02 Å². The minimum absolute atomic E-state index is 0.0368. The van der Waals surface area contributed by atoms with E-state index >= 15 is 0 Å². The van der Waals surface area contributed by atoms with Gasteiger partial charge < -0.3 is 10.8 Å². The Bertz CT molecular complexity index is 537. The van der Waals surface area contributed by atoms with Crippen LogP contribution in [0.1, 0.15) is 5.56 Å². The maximum absolute atomic E-state index is 8.87. The molecule has 0 spiro atoms. The van der Waals surface area contributed by atoms with Crippen LogP contribution < -0.4 is 5.73 Å². The lowest BCUT2D eigenvalue weighted by atomic mass is 10.1. The van der Waals surface area contributed by atoms with E-state index in [0.29, 0.717) is 22.9 Å². The molecule has 0 saturated carbocycles. The summed E-state index contributed by atoms with van der Waals surface area (Å²) in [4.78, 5) is 0. The third kappa shape index (κ3) is 2.43. The lowest BCUT2D eigenvalue weighted by molar-refractivity contribution is 0.269. The molecule has 5 heteroatoms. The van der Waals surface area contributed by atoms with Crippen LogP contribution in [0.5, 0.6) is 0 Å². The third-order valence-corrected chi connectivity index (χ3v) is 2.81. The van der Waals surface area contributed by atoms with Crippen LogP contribution >= 0.6 is 11.6 Å². The minimum Gasteiger partial charge on any atom is -0.396 e. The van der Waals surface area contributed by atoms with Gasteiger partial charge in [0.25, 0.3) is 0 Å². The second-order valence-corrected chi connectivity index (χ2v) is 4.32. The molecule has 0 aliphatic heterocycles. The van der Waals surface area contributed by atoms with Crippen LogP contribution in [0, 0.1) is 6.92 Å². The molecule has 0 saturated heterocycles. The quantitative estimate of drug-likeness (QED) is 0.878. The summed E-state index contributed by atoms with van der Waals surface area (Å²) in [6.45, 7) is 2.45. The number of hydrogen-bond acceptors (Lipinski definition) is 3. The summed E-state index contributed by atoms with van der Waals surface area (Å²) in [7, 11) is 0.